The van der Waals surface area contributed by atoms with Crippen LogP contribution < -0.4 is 9.47 Å². The molecule has 2 unspecified atom stereocenters. The summed E-state index contributed by atoms with van der Waals surface area (Å²) in [7, 11) is 1.60. The van der Waals surface area contributed by atoms with Gasteiger partial charge in [-0.3, -0.25) is 5.41 Å². The number of nitrogens with one attached hydrogen (secondary N) is 1. The number of benzene rings is 3. The first-order chi connectivity index (χ1) is 16.1. The van der Waals surface area contributed by atoms with E-state index in [0.29, 0.717) is 28.5 Å². The predicted molar refractivity (Wildman–Crippen MR) is 121 cm³/mol. The SMILES string of the molecule is COc1ccc(-c2nn(-c3ccccc3)c3c2C(c2ccc(F)cc2)C(C#N)C(=N)O3)cc1. The van der Waals surface area contributed by atoms with E-state index in [-0.39, 0.29) is 11.7 Å². The summed E-state index contributed by atoms with van der Waals surface area (Å²) in [6.45, 7) is 0. The van der Waals surface area contributed by atoms with Gasteiger partial charge in [-0.15, -0.1) is 0 Å². The number of methoxy groups -OCH3 is 1. The van der Waals surface area contributed by atoms with Gasteiger partial charge in [-0.05, 0) is 54.1 Å². The van der Waals surface area contributed by atoms with Crippen LogP contribution in [-0.2, 0) is 0 Å². The molecule has 1 aliphatic heterocycles. The highest BCUT2D eigenvalue weighted by Crippen LogP contribution is 2.47. The molecule has 0 fully saturated rings. The highest BCUT2D eigenvalue weighted by Gasteiger charge is 2.42. The zero-order valence-corrected chi connectivity index (χ0v) is 17.7. The largest absolute Gasteiger partial charge is 0.497 e. The third kappa shape index (κ3) is 3.52. The van der Waals surface area contributed by atoms with Crippen LogP contribution in [0.3, 0.4) is 0 Å². The Bertz CT molecular complexity index is 1360. The molecule has 4 aromatic rings. The lowest BCUT2D eigenvalue weighted by atomic mass is 9.79. The van der Waals surface area contributed by atoms with Crippen molar-refractivity contribution in [1.29, 1.82) is 10.7 Å². The number of ether oxygens (including phenoxy) is 2. The molecule has 0 bridgehead atoms. The summed E-state index contributed by atoms with van der Waals surface area (Å²) in [6, 6.07) is 25.1. The summed E-state index contributed by atoms with van der Waals surface area (Å²) < 4.78 is 26.5. The Hall–Kier alpha value is -4.44. The molecule has 33 heavy (non-hydrogen) atoms. The van der Waals surface area contributed by atoms with E-state index in [1.165, 1.54) is 12.1 Å². The summed E-state index contributed by atoms with van der Waals surface area (Å²) >= 11 is 0. The van der Waals surface area contributed by atoms with Crippen LogP contribution in [-0.4, -0.2) is 22.8 Å². The van der Waals surface area contributed by atoms with E-state index in [0.717, 1.165) is 11.3 Å². The number of aromatic nitrogens is 2. The second kappa shape index (κ2) is 8.24. The average Bonchev–Trinajstić information content (AvgIpc) is 3.23. The molecule has 1 N–H and O–H groups in total. The molecule has 0 saturated carbocycles. The predicted octanol–water partition coefficient (Wildman–Crippen LogP) is 5.33. The number of para-hydroxylation sites is 1. The fourth-order valence-corrected chi connectivity index (χ4v) is 4.15. The standard InChI is InChI=1S/C26H19FN4O2/c1-32-20-13-9-17(10-14-20)24-23-22(16-7-11-18(27)12-8-16)21(15-28)25(29)33-26(23)31(30-24)19-5-3-2-4-6-19/h2-14,21-22,29H,1H3. The Morgan fingerprint density at radius 1 is 1.03 bits per heavy atom. The number of hydrogen-bond donors (Lipinski definition) is 1. The first-order valence-electron chi connectivity index (χ1n) is 10.3. The normalized spacial score (nSPS) is 17.1. The highest BCUT2D eigenvalue weighted by atomic mass is 19.1. The maximum atomic E-state index is 13.7. The first kappa shape index (κ1) is 20.5. The Labute approximate surface area is 189 Å². The van der Waals surface area contributed by atoms with Crippen molar-refractivity contribution in [3.63, 3.8) is 0 Å². The van der Waals surface area contributed by atoms with E-state index >= 15 is 0 Å². The van der Waals surface area contributed by atoms with Crippen molar-refractivity contribution < 1.29 is 13.9 Å². The van der Waals surface area contributed by atoms with Crippen LogP contribution in [0, 0.1) is 28.5 Å². The van der Waals surface area contributed by atoms with Crippen molar-refractivity contribution in [2.24, 2.45) is 5.92 Å². The van der Waals surface area contributed by atoms with Crippen LogP contribution in [0.25, 0.3) is 16.9 Å². The fourth-order valence-electron chi connectivity index (χ4n) is 4.15. The molecule has 2 heterocycles. The van der Waals surface area contributed by atoms with Gasteiger partial charge in [0.25, 0.3) is 0 Å². The molecule has 7 heteroatoms. The Morgan fingerprint density at radius 3 is 2.36 bits per heavy atom. The molecule has 5 rings (SSSR count). The van der Waals surface area contributed by atoms with Crippen molar-refractivity contribution in [2.75, 3.05) is 7.11 Å². The molecule has 1 aromatic heterocycles. The van der Waals surface area contributed by atoms with Crippen molar-refractivity contribution in [3.05, 3.63) is 95.8 Å². The first-order valence-corrected chi connectivity index (χ1v) is 10.3. The van der Waals surface area contributed by atoms with Crippen molar-refractivity contribution >= 4 is 5.90 Å². The van der Waals surface area contributed by atoms with E-state index in [4.69, 9.17) is 20.0 Å². The molecular weight excluding hydrogens is 419 g/mol. The second-order valence-electron chi connectivity index (χ2n) is 7.65. The van der Waals surface area contributed by atoms with Gasteiger partial charge in [0.2, 0.25) is 11.8 Å². The molecule has 162 valence electrons. The summed E-state index contributed by atoms with van der Waals surface area (Å²) in [5.74, 6) is -0.895. The minimum Gasteiger partial charge on any atom is -0.497 e. The number of rotatable bonds is 4. The number of nitrogens with zero attached hydrogens (tertiary/aromatic N) is 3. The fraction of sp³-hybridized carbons (Fsp3) is 0.115. The van der Waals surface area contributed by atoms with Gasteiger partial charge in [-0.25, -0.2) is 4.39 Å². The van der Waals surface area contributed by atoms with Gasteiger partial charge >= 0.3 is 0 Å². The maximum Gasteiger partial charge on any atom is 0.228 e. The minimum absolute atomic E-state index is 0.169. The topological polar surface area (TPSA) is 83.9 Å². The minimum atomic E-state index is -0.881. The number of halogens is 1. The third-order valence-electron chi connectivity index (χ3n) is 5.74. The Balaban J connectivity index is 1.80. The van der Waals surface area contributed by atoms with Crippen molar-refractivity contribution in [1.82, 2.24) is 9.78 Å². The van der Waals surface area contributed by atoms with Crippen LogP contribution in [0.15, 0.2) is 78.9 Å². The van der Waals surface area contributed by atoms with Crippen molar-refractivity contribution in [2.45, 2.75) is 5.92 Å². The Morgan fingerprint density at radius 2 is 1.73 bits per heavy atom. The molecule has 0 amide bonds. The molecule has 3 aromatic carbocycles. The quantitative estimate of drug-likeness (QED) is 0.467. The van der Waals surface area contributed by atoms with Gasteiger partial charge in [-0.2, -0.15) is 15.0 Å². The van der Waals surface area contributed by atoms with E-state index < -0.39 is 11.8 Å². The van der Waals surface area contributed by atoms with Gasteiger partial charge in [0.1, 0.15) is 23.2 Å². The van der Waals surface area contributed by atoms with Crippen LogP contribution in [0.2, 0.25) is 0 Å². The van der Waals surface area contributed by atoms with Gasteiger partial charge in [-0.1, -0.05) is 30.3 Å². The summed E-state index contributed by atoms with van der Waals surface area (Å²) in [6.07, 6.45) is 0. The second-order valence-corrected chi connectivity index (χ2v) is 7.65. The number of hydrogen-bond acceptors (Lipinski definition) is 5. The van der Waals surface area contributed by atoms with Crippen LogP contribution in [0.5, 0.6) is 11.6 Å². The summed E-state index contributed by atoms with van der Waals surface area (Å²) in [5, 5.41) is 23.2. The molecular formula is C26H19FN4O2. The van der Waals surface area contributed by atoms with E-state index in [1.807, 2.05) is 54.6 Å². The lowest BCUT2D eigenvalue weighted by Gasteiger charge is -2.29. The molecule has 1 aliphatic rings. The monoisotopic (exact) mass is 438 g/mol. The number of nitriles is 1. The summed E-state index contributed by atoms with van der Waals surface area (Å²) in [5.41, 5.74) is 3.58. The maximum absolute atomic E-state index is 13.7. The van der Waals surface area contributed by atoms with E-state index in [9.17, 15) is 9.65 Å². The smallest absolute Gasteiger partial charge is 0.228 e. The van der Waals surface area contributed by atoms with Gasteiger partial charge in [0.15, 0.2) is 0 Å². The average molecular weight is 438 g/mol. The molecule has 2 atom stereocenters. The van der Waals surface area contributed by atoms with Crippen molar-refractivity contribution in [3.8, 4) is 34.6 Å². The van der Waals surface area contributed by atoms with Crippen LogP contribution >= 0.6 is 0 Å². The zero-order chi connectivity index (χ0) is 22.9. The van der Waals surface area contributed by atoms with Crippen LogP contribution in [0.1, 0.15) is 17.0 Å². The number of fused-ring (bicyclic) bond motifs is 1. The lowest BCUT2D eigenvalue weighted by molar-refractivity contribution is 0.415. The lowest BCUT2D eigenvalue weighted by Crippen LogP contribution is -2.31. The highest BCUT2D eigenvalue weighted by molar-refractivity contribution is 5.87. The molecule has 0 aliphatic carbocycles. The van der Waals surface area contributed by atoms with E-state index in [2.05, 4.69) is 6.07 Å². The van der Waals surface area contributed by atoms with Crippen LogP contribution in [0.4, 0.5) is 4.39 Å². The molecule has 0 saturated heterocycles. The van der Waals surface area contributed by atoms with Gasteiger partial charge < -0.3 is 9.47 Å². The summed E-state index contributed by atoms with van der Waals surface area (Å²) in [4.78, 5) is 0. The zero-order valence-electron chi connectivity index (χ0n) is 17.7. The van der Waals surface area contributed by atoms with Gasteiger partial charge in [0, 0.05) is 11.5 Å². The Kier molecular flexibility index (Phi) is 5.11. The molecule has 6 nitrogen and oxygen atoms in total. The molecule has 0 spiro atoms. The van der Waals surface area contributed by atoms with E-state index in [1.54, 1.807) is 23.9 Å². The van der Waals surface area contributed by atoms with Gasteiger partial charge in [0.05, 0.1) is 24.4 Å². The molecule has 0 radical (unpaired) electrons. The third-order valence-corrected chi connectivity index (χ3v) is 5.74.